The summed E-state index contributed by atoms with van der Waals surface area (Å²) in [7, 11) is 1.18. The molecule has 0 radical (unpaired) electrons. The molecule has 146 valence electrons. The fraction of sp³-hybridized carbons (Fsp3) is 0.333. The minimum Gasteiger partial charge on any atom is -0.464 e. The Bertz CT molecular complexity index is 875. The van der Waals surface area contributed by atoms with Crippen LogP contribution in [0.25, 0.3) is 0 Å². The van der Waals surface area contributed by atoms with Gasteiger partial charge in [0.15, 0.2) is 12.5 Å². The highest BCUT2D eigenvalue weighted by molar-refractivity contribution is 6.44. The molecule has 2 aromatic rings. The molecule has 0 fully saturated rings. The van der Waals surface area contributed by atoms with Crippen molar-refractivity contribution >= 4 is 46.6 Å². The summed E-state index contributed by atoms with van der Waals surface area (Å²) < 4.78 is 19.6. The second kappa shape index (κ2) is 8.19. The minimum absolute atomic E-state index is 0.0859. The van der Waals surface area contributed by atoms with Crippen molar-refractivity contribution in [2.24, 2.45) is 0 Å². The number of amides is 2. The third kappa shape index (κ3) is 4.54. The average molecular weight is 416 g/mol. The Morgan fingerprint density at radius 1 is 1.19 bits per heavy atom. The van der Waals surface area contributed by atoms with Crippen LogP contribution in [0.5, 0.6) is 0 Å². The lowest BCUT2D eigenvalue weighted by molar-refractivity contribution is 0.0585. The number of carbonyl (C=O) groups is 2. The summed E-state index contributed by atoms with van der Waals surface area (Å²) in [5.41, 5.74) is 0.391. The van der Waals surface area contributed by atoms with Gasteiger partial charge in [-0.25, -0.2) is 14.0 Å². The van der Waals surface area contributed by atoms with Gasteiger partial charge in [0.1, 0.15) is 0 Å². The number of urea groups is 1. The molecule has 27 heavy (non-hydrogen) atoms. The molecule has 1 aromatic carbocycles. The van der Waals surface area contributed by atoms with Crippen LogP contribution in [0.1, 0.15) is 37.0 Å². The summed E-state index contributed by atoms with van der Waals surface area (Å²) in [4.78, 5) is 24.6. The maximum absolute atomic E-state index is 13.7. The number of halogens is 3. The van der Waals surface area contributed by atoms with Crippen molar-refractivity contribution in [1.82, 2.24) is 4.57 Å². The third-order valence-corrected chi connectivity index (χ3v) is 4.63. The molecule has 9 heteroatoms. The fourth-order valence-electron chi connectivity index (χ4n) is 2.58. The first-order valence-electron chi connectivity index (χ1n) is 8.00. The zero-order valence-corrected chi connectivity index (χ0v) is 16.8. The molecule has 1 heterocycles. The summed E-state index contributed by atoms with van der Waals surface area (Å²) >= 11 is 12.0. The number of nitrogens with one attached hydrogen (secondary N) is 2. The number of methoxy groups -OCH3 is 1. The Morgan fingerprint density at radius 2 is 1.81 bits per heavy atom. The van der Waals surface area contributed by atoms with E-state index in [4.69, 9.17) is 27.9 Å². The third-order valence-electron chi connectivity index (χ3n) is 3.81. The van der Waals surface area contributed by atoms with Crippen LogP contribution in [-0.2, 0) is 17.0 Å². The molecule has 1 aromatic heterocycles. The van der Waals surface area contributed by atoms with Gasteiger partial charge in [0.2, 0.25) is 0 Å². The van der Waals surface area contributed by atoms with E-state index in [0.717, 1.165) is 0 Å². The molecule has 0 aliphatic rings. The Balaban J connectivity index is 2.39. The van der Waals surface area contributed by atoms with E-state index in [1.807, 2.05) is 20.8 Å². The van der Waals surface area contributed by atoms with E-state index in [9.17, 15) is 14.0 Å². The largest absolute Gasteiger partial charge is 0.464 e. The summed E-state index contributed by atoms with van der Waals surface area (Å²) in [6.07, 6.45) is 0. The number of ether oxygens (including phenoxy) is 1. The Kier molecular flexibility index (Phi) is 6.38. The fourth-order valence-corrected chi connectivity index (χ4v) is 2.93. The van der Waals surface area contributed by atoms with Crippen LogP contribution in [0.3, 0.4) is 0 Å². The van der Waals surface area contributed by atoms with Gasteiger partial charge in [-0.05, 0) is 18.2 Å². The predicted molar refractivity (Wildman–Crippen MR) is 105 cm³/mol. The minimum atomic E-state index is -0.944. The van der Waals surface area contributed by atoms with Gasteiger partial charge in [0.05, 0.1) is 28.5 Å². The van der Waals surface area contributed by atoms with Crippen molar-refractivity contribution in [3.63, 3.8) is 0 Å². The van der Waals surface area contributed by atoms with Gasteiger partial charge in [-0.2, -0.15) is 0 Å². The smallest absolute Gasteiger partial charge is 0.356 e. The number of carbonyl (C=O) groups excluding carboxylic acids is 2. The van der Waals surface area contributed by atoms with Crippen molar-refractivity contribution < 1.29 is 18.7 Å². The zero-order valence-electron chi connectivity index (χ0n) is 15.3. The summed E-state index contributed by atoms with van der Waals surface area (Å²) in [6.45, 7) is 4.65. The van der Waals surface area contributed by atoms with Gasteiger partial charge in [-0.1, -0.05) is 50.0 Å². The van der Waals surface area contributed by atoms with Crippen LogP contribution in [0.4, 0.5) is 20.6 Å². The molecule has 2 N–H and O–H groups in total. The summed E-state index contributed by atoms with van der Waals surface area (Å²) in [5.74, 6) is -0.765. The first kappa shape index (κ1) is 21.1. The first-order valence-corrected chi connectivity index (χ1v) is 8.76. The number of hydrogen-bond acceptors (Lipinski definition) is 3. The molecule has 0 atom stereocenters. The number of benzene rings is 1. The number of aromatic nitrogens is 1. The van der Waals surface area contributed by atoms with Crippen molar-refractivity contribution in [3.8, 4) is 0 Å². The first-order chi connectivity index (χ1) is 12.6. The molecule has 0 bridgehead atoms. The molecule has 0 saturated carbocycles. The molecular weight excluding hydrogens is 396 g/mol. The van der Waals surface area contributed by atoms with Crippen LogP contribution in [0.2, 0.25) is 10.0 Å². The molecule has 0 saturated heterocycles. The number of hydrogen-bond donors (Lipinski definition) is 2. The maximum atomic E-state index is 13.7. The topological polar surface area (TPSA) is 72.4 Å². The number of nitrogens with zero attached hydrogens (tertiary/aromatic N) is 1. The van der Waals surface area contributed by atoms with Crippen LogP contribution in [-0.4, -0.2) is 23.7 Å². The monoisotopic (exact) mass is 415 g/mol. The molecule has 6 nitrogen and oxygen atoms in total. The van der Waals surface area contributed by atoms with Crippen LogP contribution >= 0.6 is 23.2 Å². The molecule has 0 aliphatic carbocycles. The van der Waals surface area contributed by atoms with E-state index in [2.05, 4.69) is 10.6 Å². The van der Waals surface area contributed by atoms with Crippen LogP contribution in [0.15, 0.2) is 24.3 Å². The predicted octanol–water partition coefficient (Wildman–Crippen LogP) is 5.45. The molecule has 0 aliphatic heterocycles. The van der Waals surface area contributed by atoms with E-state index in [1.54, 1.807) is 24.3 Å². The number of anilines is 2. The van der Waals surface area contributed by atoms with Crippen molar-refractivity contribution in [2.45, 2.75) is 33.0 Å². The van der Waals surface area contributed by atoms with Gasteiger partial charge in [-0.3, -0.25) is 0 Å². The average Bonchev–Trinajstić information content (AvgIpc) is 2.96. The molecule has 0 spiro atoms. The zero-order chi connectivity index (χ0) is 20.4. The van der Waals surface area contributed by atoms with E-state index < -0.39 is 24.2 Å². The lowest BCUT2D eigenvalue weighted by atomic mass is 9.92. The summed E-state index contributed by atoms with van der Waals surface area (Å²) in [6, 6.07) is 5.66. The second-order valence-corrected chi connectivity index (χ2v) is 7.55. The SMILES string of the molecule is COC(=O)c1c(NC(=O)Nc2cccc(Cl)c2Cl)cc(C(C)(C)C)n1CF. The lowest BCUT2D eigenvalue weighted by Gasteiger charge is -2.20. The second-order valence-electron chi connectivity index (χ2n) is 6.76. The Morgan fingerprint density at radius 3 is 2.37 bits per heavy atom. The van der Waals surface area contributed by atoms with Crippen molar-refractivity contribution in [2.75, 3.05) is 17.7 Å². The molecule has 2 amide bonds. The van der Waals surface area contributed by atoms with Gasteiger partial charge in [0, 0.05) is 11.1 Å². The lowest BCUT2D eigenvalue weighted by Crippen LogP contribution is -2.22. The van der Waals surface area contributed by atoms with Crippen molar-refractivity contribution in [3.05, 3.63) is 45.7 Å². The van der Waals surface area contributed by atoms with Gasteiger partial charge >= 0.3 is 12.0 Å². The van der Waals surface area contributed by atoms with Gasteiger partial charge in [0.25, 0.3) is 0 Å². The highest BCUT2D eigenvalue weighted by Gasteiger charge is 2.28. The van der Waals surface area contributed by atoms with E-state index in [0.29, 0.717) is 11.4 Å². The van der Waals surface area contributed by atoms with E-state index in [-0.39, 0.29) is 21.4 Å². The van der Waals surface area contributed by atoms with E-state index in [1.165, 1.54) is 11.7 Å². The molecular formula is C18H20Cl2FN3O3. The van der Waals surface area contributed by atoms with Crippen LogP contribution in [0, 0.1) is 0 Å². The summed E-state index contributed by atoms with van der Waals surface area (Å²) in [5, 5.41) is 5.56. The van der Waals surface area contributed by atoms with Gasteiger partial charge < -0.3 is 19.9 Å². The maximum Gasteiger partial charge on any atom is 0.356 e. The van der Waals surface area contributed by atoms with E-state index >= 15 is 0 Å². The molecule has 2 rings (SSSR count). The van der Waals surface area contributed by atoms with Crippen molar-refractivity contribution in [1.29, 1.82) is 0 Å². The normalized spacial score (nSPS) is 11.2. The Labute approximate surface area is 166 Å². The highest BCUT2D eigenvalue weighted by atomic mass is 35.5. The molecule has 0 unspecified atom stereocenters. The quantitative estimate of drug-likeness (QED) is 0.651. The number of alkyl halides is 1. The highest BCUT2D eigenvalue weighted by Crippen LogP contribution is 2.32. The van der Waals surface area contributed by atoms with Crippen LogP contribution < -0.4 is 10.6 Å². The Hall–Kier alpha value is -2.25. The number of esters is 1. The number of rotatable bonds is 4. The standard InChI is InChI=1S/C18H20Cl2FN3O3/c1-18(2,3)13-8-12(15(16(25)27-4)24(13)9-21)23-17(26)22-11-7-5-6-10(19)14(11)20/h5-8H,9H2,1-4H3,(H2,22,23,26). The van der Waals surface area contributed by atoms with Gasteiger partial charge in [-0.15, -0.1) is 0 Å².